The lowest BCUT2D eigenvalue weighted by Crippen LogP contribution is -2.47. The standard InChI is InChI=1S/C23H26O5.C12H16N2O3.ClH/c1-13-7-15(3)20(16(4)8-13)22(25)27-11-19(24)12-28-23(26)21-17(5)9-14(2)10-18(21)6;1-8(12(16)17)14-11(15)10(13)7-9-5-3-2-4-6-9;/h7-10H,11-12H2,1-6H3;2-6,8,10H,7,13H2,1H3,(H,14,15)(H,16,17);1H/t;8-,10-;/m.0./s1. The number of carboxylic acid groups (broad SMARTS) is 1. The number of carbonyl (C=O) groups excluding carboxylic acids is 4. The van der Waals surface area contributed by atoms with Crippen molar-refractivity contribution in [3.63, 3.8) is 0 Å². The van der Waals surface area contributed by atoms with E-state index in [2.05, 4.69) is 5.32 Å². The number of carbonyl (C=O) groups is 5. The Bertz CT molecular complexity index is 1430. The van der Waals surface area contributed by atoms with Crippen molar-refractivity contribution in [3.05, 3.63) is 105 Å². The number of aliphatic carboxylic acids is 1. The molecule has 0 fully saturated rings. The first-order valence-electron chi connectivity index (χ1n) is 14.4. The van der Waals surface area contributed by atoms with Gasteiger partial charge in [0.2, 0.25) is 11.7 Å². The Balaban J connectivity index is 0.000000505. The maximum atomic E-state index is 12.3. The molecule has 0 aliphatic heterocycles. The minimum Gasteiger partial charge on any atom is -0.480 e. The zero-order valence-electron chi connectivity index (χ0n) is 27.3. The summed E-state index contributed by atoms with van der Waals surface area (Å²) in [6, 6.07) is 15.2. The molecule has 0 aromatic heterocycles. The van der Waals surface area contributed by atoms with Gasteiger partial charge in [-0.05, 0) is 82.7 Å². The van der Waals surface area contributed by atoms with Gasteiger partial charge in [0.25, 0.3) is 0 Å². The summed E-state index contributed by atoms with van der Waals surface area (Å²) < 4.78 is 10.2. The SMILES string of the molecule is C[C@H](NC(=O)[C@@H](N)Cc1ccccc1)C(=O)O.Cc1cc(C)c(C(=O)OCC(=O)COC(=O)c2c(C)cc(C)cc2C)c(C)c1.Cl. The van der Waals surface area contributed by atoms with Crippen molar-refractivity contribution in [2.45, 2.75) is 67.0 Å². The van der Waals surface area contributed by atoms with Crippen LogP contribution in [0.5, 0.6) is 0 Å². The third kappa shape index (κ3) is 12.1. The van der Waals surface area contributed by atoms with Gasteiger partial charge >= 0.3 is 17.9 Å². The van der Waals surface area contributed by atoms with Crippen LogP contribution in [0.15, 0.2) is 54.6 Å². The zero-order valence-corrected chi connectivity index (χ0v) is 28.1. The Morgan fingerprint density at radius 2 is 1.13 bits per heavy atom. The van der Waals surface area contributed by atoms with Crippen molar-refractivity contribution in [1.82, 2.24) is 5.32 Å². The highest BCUT2D eigenvalue weighted by Gasteiger charge is 2.20. The average molecular weight is 655 g/mol. The van der Waals surface area contributed by atoms with Gasteiger partial charge in [-0.25, -0.2) is 9.59 Å². The highest BCUT2D eigenvalue weighted by atomic mass is 35.5. The largest absolute Gasteiger partial charge is 0.480 e. The number of hydrogen-bond donors (Lipinski definition) is 3. The van der Waals surface area contributed by atoms with E-state index < -0.39 is 54.9 Å². The van der Waals surface area contributed by atoms with E-state index in [0.29, 0.717) is 17.5 Å². The predicted octanol–water partition coefficient (Wildman–Crippen LogP) is 4.69. The number of rotatable bonds is 11. The molecule has 0 bridgehead atoms. The third-order valence-electron chi connectivity index (χ3n) is 6.86. The molecule has 11 heteroatoms. The lowest BCUT2D eigenvalue weighted by molar-refractivity contribution is -0.141. The monoisotopic (exact) mass is 654 g/mol. The number of Topliss-reactive ketones (excluding diaryl/α,β-unsaturated/α-hetero) is 1. The van der Waals surface area contributed by atoms with E-state index in [-0.39, 0.29) is 12.4 Å². The lowest BCUT2D eigenvalue weighted by atomic mass is 10.00. The summed E-state index contributed by atoms with van der Waals surface area (Å²) in [4.78, 5) is 58.7. The number of halogens is 1. The Labute approximate surface area is 276 Å². The van der Waals surface area contributed by atoms with Gasteiger partial charge in [-0.3, -0.25) is 14.4 Å². The molecular formula is C35H43ClN2O8. The predicted molar refractivity (Wildman–Crippen MR) is 177 cm³/mol. The first kappa shape index (κ1) is 39.5. The normalized spacial score (nSPS) is 11.5. The van der Waals surface area contributed by atoms with Gasteiger partial charge in [-0.15, -0.1) is 12.4 Å². The first-order chi connectivity index (χ1) is 21.1. The van der Waals surface area contributed by atoms with E-state index in [9.17, 15) is 24.0 Å². The molecular weight excluding hydrogens is 612 g/mol. The summed E-state index contributed by atoms with van der Waals surface area (Å²) in [6.07, 6.45) is 0.388. The van der Waals surface area contributed by atoms with Crippen LogP contribution < -0.4 is 11.1 Å². The molecule has 0 heterocycles. The highest BCUT2D eigenvalue weighted by Crippen LogP contribution is 2.19. The Kier molecular flexibility index (Phi) is 15.8. The molecule has 0 unspecified atom stereocenters. The lowest BCUT2D eigenvalue weighted by Gasteiger charge is -2.14. The van der Waals surface area contributed by atoms with Gasteiger partial charge in [-0.2, -0.15) is 0 Å². The van der Waals surface area contributed by atoms with Crippen molar-refractivity contribution in [2.24, 2.45) is 5.73 Å². The Morgan fingerprint density at radius 3 is 1.50 bits per heavy atom. The number of ketones is 1. The van der Waals surface area contributed by atoms with Crippen LogP contribution in [0.25, 0.3) is 0 Å². The van der Waals surface area contributed by atoms with Gasteiger partial charge in [0.05, 0.1) is 17.2 Å². The fourth-order valence-electron chi connectivity index (χ4n) is 4.82. The van der Waals surface area contributed by atoms with Gasteiger partial charge in [0.1, 0.15) is 6.04 Å². The van der Waals surface area contributed by atoms with Gasteiger partial charge < -0.3 is 25.6 Å². The number of hydrogen-bond acceptors (Lipinski definition) is 8. The van der Waals surface area contributed by atoms with Crippen molar-refractivity contribution >= 4 is 42.0 Å². The molecule has 248 valence electrons. The minimum absolute atomic E-state index is 0. The number of aryl methyl sites for hydroxylation is 6. The average Bonchev–Trinajstić information content (AvgIpc) is 2.94. The van der Waals surface area contributed by atoms with E-state index in [1.807, 2.05) is 96.1 Å². The maximum absolute atomic E-state index is 12.3. The van der Waals surface area contributed by atoms with Crippen LogP contribution in [0.3, 0.4) is 0 Å². The maximum Gasteiger partial charge on any atom is 0.339 e. The second-order valence-electron chi connectivity index (χ2n) is 11.1. The molecule has 2 atom stereocenters. The molecule has 0 saturated carbocycles. The highest BCUT2D eigenvalue weighted by molar-refractivity contribution is 5.96. The van der Waals surface area contributed by atoms with E-state index >= 15 is 0 Å². The number of carboxylic acids is 1. The van der Waals surface area contributed by atoms with E-state index in [4.69, 9.17) is 20.3 Å². The molecule has 10 nitrogen and oxygen atoms in total. The molecule has 46 heavy (non-hydrogen) atoms. The van der Waals surface area contributed by atoms with Crippen LogP contribution in [0.2, 0.25) is 0 Å². The molecule has 0 radical (unpaired) electrons. The second kappa shape index (κ2) is 18.4. The van der Waals surface area contributed by atoms with Crippen LogP contribution in [0, 0.1) is 41.5 Å². The Hall–Kier alpha value is -4.54. The number of benzene rings is 3. The summed E-state index contributed by atoms with van der Waals surface area (Å²) in [5.41, 5.74) is 12.9. The Morgan fingerprint density at radius 1 is 0.739 bits per heavy atom. The van der Waals surface area contributed by atoms with Crippen LogP contribution >= 0.6 is 12.4 Å². The molecule has 3 rings (SSSR count). The van der Waals surface area contributed by atoms with Gasteiger partial charge in [0.15, 0.2) is 13.2 Å². The molecule has 0 aliphatic rings. The van der Waals surface area contributed by atoms with Gasteiger partial charge in [-0.1, -0.05) is 65.7 Å². The van der Waals surface area contributed by atoms with Crippen molar-refractivity contribution in [2.75, 3.05) is 13.2 Å². The number of esters is 2. The molecule has 0 saturated heterocycles. The van der Waals surface area contributed by atoms with Crippen LogP contribution in [0.4, 0.5) is 0 Å². The number of ether oxygens (including phenoxy) is 2. The fraction of sp³-hybridized carbons (Fsp3) is 0.343. The molecule has 4 N–H and O–H groups in total. The van der Waals surface area contributed by atoms with E-state index in [0.717, 1.165) is 38.9 Å². The van der Waals surface area contributed by atoms with Crippen LogP contribution in [-0.2, 0) is 30.3 Å². The number of amides is 1. The second-order valence-corrected chi connectivity index (χ2v) is 11.1. The number of nitrogens with two attached hydrogens (primary N) is 1. The van der Waals surface area contributed by atoms with Crippen molar-refractivity contribution < 1.29 is 38.6 Å². The first-order valence-corrected chi connectivity index (χ1v) is 14.4. The van der Waals surface area contributed by atoms with Gasteiger partial charge in [0, 0.05) is 0 Å². The minimum atomic E-state index is -1.08. The summed E-state index contributed by atoms with van der Waals surface area (Å²) in [5.74, 6) is -3.12. The van der Waals surface area contributed by atoms with Crippen molar-refractivity contribution in [3.8, 4) is 0 Å². The summed E-state index contributed by atoms with van der Waals surface area (Å²) in [6.45, 7) is 11.7. The van der Waals surface area contributed by atoms with Crippen LogP contribution in [-0.4, -0.2) is 60.0 Å². The number of nitrogens with one attached hydrogen (secondary N) is 1. The smallest absolute Gasteiger partial charge is 0.339 e. The zero-order chi connectivity index (χ0) is 33.8. The van der Waals surface area contributed by atoms with E-state index in [1.54, 1.807) is 0 Å². The molecule has 3 aromatic rings. The third-order valence-corrected chi connectivity index (χ3v) is 6.86. The molecule has 3 aromatic carbocycles. The fourth-order valence-corrected chi connectivity index (χ4v) is 4.82. The topological polar surface area (TPSA) is 162 Å². The quantitative estimate of drug-likeness (QED) is 0.249. The molecule has 0 spiro atoms. The molecule has 0 aliphatic carbocycles. The summed E-state index contributed by atoms with van der Waals surface area (Å²) in [7, 11) is 0. The summed E-state index contributed by atoms with van der Waals surface area (Å²) >= 11 is 0. The molecule has 1 amide bonds. The summed E-state index contributed by atoms with van der Waals surface area (Å²) in [5, 5.41) is 11.0. The van der Waals surface area contributed by atoms with E-state index in [1.165, 1.54) is 6.92 Å². The van der Waals surface area contributed by atoms with Crippen molar-refractivity contribution in [1.29, 1.82) is 0 Å². The van der Waals surface area contributed by atoms with Crippen LogP contribution in [0.1, 0.15) is 66.6 Å².